The Morgan fingerprint density at radius 2 is 1.43 bits per heavy atom. The summed E-state index contributed by atoms with van der Waals surface area (Å²) in [6.07, 6.45) is -0.244. The molecule has 0 saturated heterocycles. The van der Waals surface area contributed by atoms with Gasteiger partial charge in [0.15, 0.2) is 5.82 Å². The molecular weight excluding hydrogens is 432 g/mol. The number of rotatable bonds is 1. The van der Waals surface area contributed by atoms with Crippen LogP contribution in [0, 0.1) is 0 Å². The fourth-order valence-corrected chi connectivity index (χ4v) is 2.60. The molecule has 1 aromatic rings. The van der Waals surface area contributed by atoms with Gasteiger partial charge in [-0.15, -0.1) is 0 Å². The van der Waals surface area contributed by atoms with E-state index in [1.54, 1.807) is 47.6 Å². The van der Waals surface area contributed by atoms with Gasteiger partial charge in [-0.1, -0.05) is 0 Å². The number of halogens is 2. The number of hydrogen-bond acceptors (Lipinski definition) is 5. The molecule has 0 aromatic carbocycles. The molecule has 0 fully saturated rings. The molecule has 0 bridgehead atoms. The third-order valence-electron chi connectivity index (χ3n) is 2.15. The van der Waals surface area contributed by atoms with Crippen molar-refractivity contribution in [2.24, 2.45) is 0 Å². The zero-order valence-electron chi connectivity index (χ0n) is 13.9. The van der Waals surface area contributed by atoms with Gasteiger partial charge >= 0.3 is 12.2 Å². The number of imide groups is 1. The van der Waals surface area contributed by atoms with E-state index in [0.717, 1.165) is 4.90 Å². The van der Waals surface area contributed by atoms with Crippen molar-refractivity contribution in [3.8, 4) is 0 Å². The Morgan fingerprint density at radius 1 is 1.00 bits per heavy atom. The van der Waals surface area contributed by atoms with Crippen molar-refractivity contribution in [3.05, 3.63) is 21.2 Å². The van der Waals surface area contributed by atoms with Crippen molar-refractivity contribution in [3.63, 3.8) is 0 Å². The van der Waals surface area contributed by atoms with Crippen LogP contribution in [0.3, 0.4) is 0 Å². The van der Waals surface area contributed by atoms with Gasteiger partial charge in [-0.05, 0) is 79.5 Å². The molecule has 0 aliphatic carbocycles. The van der Waals surface area contributed by atoms with Crippen molar-refractivity contribution in [2.45, 2.75) is 52.7 Å². The van der Waals surface area contributed by atoms with Gasteiger partial charge < -0.3 is 9.47 Å². The van der Waals surface area contributed by atoms with Crippen LogP contribution in [0.5, 0.6) is 0 Å². The fourth-order valence-electron chi connectivity index (χ4n) is 1.43. The maximum Gasteiger partial charge on any atom is 0.425 e. The van der Waals surface area contributed by atoms with Crippen molar-refractivity contribution in [1.29, 1.82) is 0 Å². The zero-order chi connectivity index (χ0) is 18.0. The Hall–Kier alpha value is -1.15. The van der Waals surface area contributed by atoms with Gasteiger partial charge in [0.05, 0.1) is 4.47 Å². The predicted octanol–water partition coefficient (Wildman–Crippen LogP) is 5.28. The molecule has 128 valence electrons. The quantitative estimate of drug-likeness (QED) is 0.580. The summed E-state index contributed by atoms with van der Waals surface area (Å²) in [5.41, 5.74) is -1.53. The van der Waals surface area contributed by atoms with Gasteiger partial charge in [0.1, 0.15) is 11.2 Å². The van der Waals surface area contributed by atoms with E-state index in [9.17, 15) is 9.59 Å². The molecule has 1 rings (SSSR count). The highest BCUT2D eigenvalue weighted by Gasteiger charge is 2.34. The van der Waals surface area contributed by atoms with E-state index >= 15 is 0 Å². The largest absolute Gasteiger partial charge is 0.443 e. The number of carbonyl (C=O) groups is 2. The normalized spacial score (nSPS) is 11.8. The zero-order valence-corrected chi connectivity index (χ0v) is 17.1. The molecule has 0 radical (unpaired) electrons. The van der Waals surface area contributed by atoms with Gasteiger partial charge in [0.25, 0.3) is 0 Å². The lowest BCUT2D eigenvalue weighted by Gasteiger charge is -2.28. The van der Waals surface area contributed by atoms with Crippen LogP contribution in [-0.2, 0) is 9.47 Å². The Labute approximate surface area is 152 Å². The molecule has 0 aliphatic rings. The highest BCUT2D eigenvalue weighted by atomic mass is 79.9. The Bertz CT molecular complexity index is 578. The molecule has 0 aliphatic heterocycles. The van der Waals surface area contributed by atoms with Crippen LogP contribution in [0.2, 0.25) is 0 Å². The SMILES string of the molecule is CC(C)(C)OC(=O)N(C(=O)OC(C)(C)C)c1ncc(Br)cc1Br. The van der Waals surface area contributed by atoms with Crippen LogP contribution in [0.1, 0.15) is 41.5 Å². The maximum atomic E-state index is 12.5. The average Bonchev–Trinajstić information content (AvgIpc) is 2.27. The van der Waals surface area contributed by atoms with Crippen molar-refractivity contribution >= 4 is 49.9 Å². The summed E-state index contributed by atoms with van der Waals surface area (Å²) in [7, 11) is 0. The van der Waals surface area contributed by atoms with Crippen molar-refractivity contribution in [2.75, 3.05) is 4.90 Å². The third-order valence-corrected chi connectivity index (χ3v) is 3.17. The fraction of sp³-hybridized carbons (Fsp3) is 0.533. The number of aromatic nitrogens is 1. The molecule has 6 nitrogen and oxygen atoms in total. The lowest BCUT2D eigenvalue weighted by molar-refractivity contribution is 0.0428. The summed E-state index contributed by atoms with van der Waals surface area (Å²) in [5.74, 6) is 0.0942. The number of ether oxygens (including phenoxy) is 2. The molecule has 0 spiro atoms. The van der Waals surface area contributed by atoms with Crippen LogP contribution in [0.15, 0.2) is 21.2 Å². The van der Waals surface area contributed by atoms with E-state index in [1.165, 1.54) is 6.20 Å². The summed E-state index contributed by atoms with van der Waals surface area (Å²) in [5, 5.41) is 0. The van der Waals surface area contributed by atoms with Gasteiger partial charge in [0.2, 0.25) is 0 Å². The molecule has 0 atom stereocenters. The molecule has 8 heteroatoms. The summed E-state index contributed by atoms with van der Waals surface area (Å²) in [4.78, 5) is 29.8. The van der Waals surface area contributed by atoms with E-state index in [4.69, 9.17) is 9.47 Å². The first-order valence-electron chi connectivity index (χ1n) is 6.87. The molecule has 23 heavy (non-hydrogen) atoms. The molecule has 1 aromatic heterocycles. The monoisotopic (exact) mass is 450 g/mol. The van der Waals surface area contributed by atoms with Crippen LogP contribution in [0.25, 0.3) is 0 Å². The molecule has 1 heterocycles. The smallest absolute Gasteiger partial charge is 0.425 e. The summed E-state index contributed by atoms with van der Waals surface area (Å²) in [6, 6.07) is 1.67. The standard InChI is InChI=1S/C15H20Br2N2O4/c1-14(2,3)22-12(20)19(13(21)23-15(4,5)6)11-10(17)7-9(16)8-18-11/h7-8H,1-6H3. The number of carbonyl (C=O) groups excluding carboxylic acids is 2. The minimum Gasteiger partial charge on any atom is -0.443 e. The average molecular weight is 452 g/mol. The van der Waals surface area contributed by atoms with Crippen LogP contribution in [-0.4, -0.2) is 28.4 Å². The first-order chi connectivity index (χ1) is 10.3. The van der Waals surface area contributed by atoms with Crippen molar-refractivity contribution in [1.82, 2.24) is 4.98 Å². The second-order valence-electron chi connectivity index (χ2n) is 6.76. The van der Waals surface area contributed by atoms with E-state index in [0.29, 0.717) is 8.95 Å². The van der Waals surface area contributed by atoms with E-state index < -0.39 is 23.4 Å². The predicted molar refractivity (Wildman–Crippen MR) is 94.6 cm³/mol. The molecule has 0 N–H and O–H groups in total. The lowest BCUT2D eigenvalue weighted by atomic mass is 10.2. The highest BCUT2D eigenvalue weighted by molar-refractivity contribution is 9.11. The summed E-state index contributed by atoms with van der Waals surface area (Å²) < 4.78 is 11.7. The minimum atomic E-state index is -0.859. The number of nitrogens with zero attached hydrogens (tertiary/aromatic N) is 2. The van der Waals surface area contributed by atoms with Crippen LogP contribution >= 0.6 is 31.9 Å². The van der Waals surface area contributed by atoms with Gasteiger partial charge in [0, 0.05) is 10.7 Å². The number of anilines is 1. The summed E-state index contributed by atoms with van der Waals surface area (Å²) in [6.45, 7) is 10.3. The maximum absolute atomic E-state index is 12.5. The van der Waals surface area contributed by atoms with E-state index in [1.807, 2.05) is 0 Å². The molecule has 0 unspecified atom stereocenters. The Kier molecular flexibility index (Phi) is 6.20. The molecule has 0 saturated carbocycles. The van der Waals surface area contributed by atoms with E-state index in [2.05, 4.69) is 36.8 Å². The van der Waals surface area contributed by atoms with Gasteiger partial charge in [-0.3, -0.25) is 0 Å². The minimum absolute atomic E-state index is 0.0942. The molecular formula is C15H20Br2N2O4. The third kappa shape index (κ3) is 6.47. The van der Waals surface area contributed by atoms with Gasteiger partial charge in [-0.25, -0.2) is 14.6 Å². The topological polar surface area (TPSA) is 68.7 Å². The van der Waals surface area contributed by atoms with Crippen LogP contribution in [0.4, 0.5) is 15.4 Å². The first-order valence-corrected chi connectivity index (χ1v) is 8.46. The highest BCUT2D eigenvalue weighted by Crippen LogP contribution is 2.29. The second-order valence-corrected chi connectivity index (χ2v) is 8.53. The first kappa shape index (κ1) is 19.9. The lowest BCUT2D eigenvalue weighted by Crippen LogP contribution is -2.44. The van der Waals surface area contributed by atoms with Crippen molar-refractivity contribution < 1.29 is 19.1 Å². The summed E-state index contributed by atoms with van der Waals surface area (Å²) >= 11 is 6.57. The Morgan fingerprint density at radius 3 is 1.78 bits per heavy atom. The number of amides is 2. The van der Waals surface area contributed by atoms with E-state index in [-0.39, 0.29) is 5.82 Å². The number of pyridine rings is 1. The molecule has 2 amide bonds. The van der Waals surface area contributed by atoms with Crippen LogP contribution < -0.4 is 4.90 Å². The Balaban J connectivity index is 3.25. The van der Waals surface area contributed by atoms with Gasteiger partial charge in [-0.2, -0.15) is 4.90 Å². The number of hydrogen-bond donors (Lipinski definition) is 0. The second kappa shape index (κ2) is 7.17.